The van der Waals surface area contributed by atoms with Crippen LogP contribution in [0.5, 0.6) is 0 Å². The average molecular weight is 419 g/mol. The highest BCUT2D eigenvalue weighted by Gasteiger charge is 2.16. The molecule has 0 aromatic heterocycles. The van der Waals surface area contributed by atoms with E-state index >= 15 is 0 Å². The van der Waals surface area contributed by atoms with Gasteiger partial charge in [0.15, 0.2) is 12.4 Å². The van der Waals surface area contributed by atoms with E-state index in [9.17, 15) is 24.5 Å². The molecule has 0 bridgehead atoms. The zero-order valence-corrected chi connectivity index (χ0v) is 16.1. The molecule has 1 amide bonds. The summed E-state index contributed by atoms with van der Waals surface area (Å²) in [4.78, 5) is 47.0. The highest BCUT2D eigenvalue weighted by atomic mass is 16.6. The number of nitrogens with one attached hydrogen (secondary N) is 1. The van der Waals surface area contributed by atoms with Crippen LogP contribution in [0, 0.1) is 10.1 Å². The number of benzene rings is 3. The fourth-order valence-corrected chi connectivity index (χ4v) is 2.71. The molecule has 0 spiro atoms. The molecule has 156 valence electrons. The van der Waals surface area contributed by atoms with Crippen molar-refractivity contribution in [3.8, 4) is 0 Å². The number of nitro groups is 1. The summed E-state index contributed by atoms with van der Waals surface area (Å²) in [6, 6.07) is 17.9. The van der Waals surface area contributed by atoms with Crippen molar-refractivity contribution in [3.05, 3.63) is 99.6 Å². The molecule has 9 heteroatoms. The minimum Gasteiger partial charge on any atom is -0.454 e. The molecule has 0 fully saturated rings. The molecule has 3 N–H and O–H groups in total. The van der Waals surface area contributed by atoms with Crippen LogP contribution >= 0.6 is 0 Å². The van der Waals surface area contributed by atoms with Gasteiger partial charge in [0.05, 0.1) is 21.7 Å². The Bertz CT molecular complexity index is 1160. The van der Waals surface area contributed by atoms with E-state index in [4.69, 9.17) is 10.5 Å². The van der Waals surface area contributed by atoms with Crippen molar-refractivity contribution < 1.29 is 24.0 Å². The first-order valence-corrected chi connectivity index (χ1v) is 9.06. The van der Waals surface area contributed by atoms with E-state index in [1.807, 2.05) is 0 Å². The number of ether oxygens (including phenoxy) is 1. The number of nitrogen functional groups attached to an aromatic ring is 1. The quantitative estimate of drug-likeness (QED) is 0.196. The van der Waals surface area contributed by atoms with Crippen molar-refractivity contribution in [2.45, 2.75) is 0 Å². The molecule has 3 rings (SSSR count). The summed E-state index contributed by atoms with van der Waals surface area (Å²) in [6.07, 6.45) is 0. The second-order valence-corrected chi connectivity index (χ2v) is 6.43. The third-order valence-electron chi connectivity index (χ3n) is 4.28. The molecule has 31 heavy (non-hydrogen) atoms. The van der Waals surface area contributed by atoms with E-state index in [0.717, 1.165) is 6.07 Å². The van der Waals surface area contributed by atoms with Gasteiger partial charge < -0.3 is 15.8 Å². The van der Waals surface area contributed by atoms with Gasteiger partial charge in [-0.2, -0.15) is 0 Å². The van der Waals surface area contributed by atoms with Gasteiger partial charge in [0.25, 0.3) is 11.6 Å². The van der Waals surface area contributed by atoms with E-state index in [1.165, 1.54) is 30.3 Å². The molecule has 0 radical (unpaired) electrons. The third kappa shape index (κ3) is 5.30. The van der Waals surface area contributed by atoms with Crippen LogP contribution in [0.4, 0.5) is 17.1 Å². The van der Waals surface area contributed by atoms with E-state index < -0.39 is 23.4 Å². The molecule has 0 atom stereocenters. The normalized spacial score (nSPS) is 10.2. The van der Waals surface area contributed by atoms with Crippen LogP contribution < -0.4 is 11.1 Å². The molecule has 0 aliphatic carbocycles. The molecule has 3 aromatic rings. The Morgan fingerprint density at radius 1 is 0.935 bits per heavy atom. The first kappa shape index (κ1) is 21.2. The Kier molecular flexibility index (Phi) is 6.36. The number of ketones is 1. The number of hydrogen-bond acceptors (Lipinski definition) is 7. The number of esters is 1. The van der Waals surface area contributed by atoms with Gasteiger partial charge in [0.1, 0.15) is 0 Å². The fourth-order valence-electron chi connectivity index (χ4n) is 2.71. The number of nitro benzene ring substituents is 1. The van der Waals surface area contributed by atoms with Crippen LogP contribution in [0.2, 0.25) is 0 Å². The summed E-state index contributed by atoms with van der Waals surface area (Å²) in [5, 5.41) is 13.4. The summed E-state index contributed by atoms with van der Waals surface area (Å²) in [6.45, 7) is -0.418. The van der Waals surface area contributed by atoms with Gasteiger partial charge in [-0.1, -0.05) is 36.4 Å². The van der Waals surface area contributed by atoms with E-state index in [1.54, 1.807) is 36.4 Å². The minimum absolute atomic E-state index is 0.0482. The average Bonchev–Trinajstić information content (AvgIpc) is 2.77. The monoisotopic (exact) mass is 419 g/mol. The molecule has 9 nitrogen and oxygen atoms in total. The van der Waals surface area contributed by atoms with Crippen molar-refractivity contribution >= 4 is 34.7 Å². The van der Waals surface area contributed by atoms with Gasteiger partial charge in [-0.25, -0.2) is 4.79 Å². The molecule has 0 saturated carbocycles. The van der Waals surface area contributed by atoms with Gasteiger partial charge in [-0.3, -0.25) is 19.7 Å². The Morgan fingerprint density at radius 3 is 2.32 bits per heavy atom. The predicted molar refractivity (Wildman–Crippen MR) is 113 cm³/mol. The Morgan fingerprint density at radius 2 is 1.65 bits per heavy atom. The maximum atomic E-state index is 12.4. The Balaban J connectivity index is 1.66. The van der Waals surface area contributed by atoms with Gasteiger partial charge in [-0.15, -0.1) is 0 Å². The van der Waals surface area contributed by atoms with E-state index in [-0.39, 0.29) is 34.0 Å². The van der Waals surface area contributed by atoms with Crippen LogP contribution in [0.3, 0.4) is 0 Å². The SMILES string of the molecule is Nc1cc([N+](=O)[O-])ccc1C(=O)Nc1cccc(C(=O)OCC(=O)c2ccccc2)c1. The molecular weight excluding hydrogens is 402 g/mol. The number of carbonyl (C=O) groups is 3. The standard InChI is InChI=1S/C22H17N3O6/c23-19-12-17(25(29)30)9-10-18(19)21(27)24-16-8-4-7-15(11-16)22(28)31-13-20(26)14-5-2-1-3-6-14/h1-12H,13,23H2,(H,24,27). The molecule has 0 saturated heterocycles. The van der Waals surface area contributed by atoms with Crippen molar-refractivity contribution in [3.63, 3.8) is 0 Å². The van der Waals surface area contributed by atoms with Gasteiger partial charge in [0.2, 0.25) is 0 Å². The smallest absolute Gasteiger partial charge is 0.338 e. The highest BCUT2D eigenvalue weighted by Crippen LogP contribution is 2.21. The van der Waals surface area contributed by atoms with Crippen molar-refractivity contribution in [1.82, 2.24) is 0 Å². The lowest BCUT2D eigenvalue weighted by Gasteiger charge is -2.09. The summed E-state index contributed by atoms with van der Waals surface area (Å²) in [5.74, 6) is -1.67. The molecule has 0 aliphatic heterocycles. The Labute approximate surface area is 176 Å². The lowest BCUT2D eigenvalue weighted by Crippen LogP contribution is -2.16. The second-order valence-electron chi connectivity index (χ2n) is 6.43. The predicted octanol–water partition coefficient (Wildman–Crippen LogP) is 3.47. The van der Waals surface area contributed by atoms with E-state index in [0.29, 0.717) is 5.56 Å². The van der Waals surface area contributed by atoms with Crippen LogP contribution in [0.1, 0.15) is 31.1 Å². The molecule has 0 aliphatic rings. The topological polar surface area (TPSA) is 142 Å². The summed E-state index contributed by atoms with van der Waals surface area (Å²) < 4.78 is 5.06. The van der Waals surface area contributed by atoms with Gasteiger partial charge in [0, 0.05) is 23.4 Å². The van der Waals surface area contributed by atoms with E-state index in [2.05, 4.69) is 5.32 Å². The lowest BCUT2D eigenvalue weighted by atomic mass is 10.1. The zero-order chi connectivity index (χ0) is 22.4. The Hall–Kier alpha value is -4.53. The first-order chi connectivity index (χ1) is 14.8. The molecule has 3 aromatic carbocycles. The van der Waals surface area contributed by atoms with Crippen LogP contribution in [-0.4, -0.2) is 29.2 Å². The van der Waals surface area contributed by atoms with Crippen molar-refractivity contribution in [1.29, 1.82) is 0 Å². The lowest BCUT2D eigenvalue weighted by molar-refractivity contribution is -0.384. The summed E-state index contributed by atoms with van der Waals surface area (Å²) in [7, 11) is 0. The number of amides is 1. The molecule has 0 heterocycles. The van der Waals surface area contributed by atoms with Crippen molar-refractivity contribution in [2.75, 3.05) is 17.7 Å². The van der Waals surface area contributed by atoms with Crippen LogP contribution in [0.15, 0.2) is 72.8 Å². The molecule has 0 unspecified atom stereocenters. The second kappa shape index (κ2) is 9.31. The highest BCUT2D eigenvalue weighted by molar-refractivity contribution is 6.08. The summed E-state index contributed by atoms with van der Waals surface area (Å²) >= 11 is 0. The maximum absolute atomic E-state index is 12.4. The number of nitrogens with zero attached hydrogens (tertiary/aromatic N) is 1. The largest absolute Gasteiger partial charge is 0.454 e. The summed E-state index contributed by atoms with van der Waals surface area (Å²) in [5.41, 5.74) is 6.34. The number of hydrogen-bond donors (Lipinski definition) is 2. The number of non-ortho nitro benzene ring substituents is 1. The first-order valence-electron chi connectivity index (χ1n) is 9.06. The number of anilines is 2. The number of Topliss-reactive ketones (excluding diaryl/α,β-unsaturated/α-hetero) is 1. The number of nitrogens with two attached hydrogens (primary N) is 1. The number of carbonyl (C=O) groups excluding carboxylic acids is 3. The molecular formula is C22H17N3O6. The maximum Gasteiger partial charge on any atom is 0.338 e. The van der Waals surface area contributed by atoms with Gasteiger partial charge in [-0.05, 0) is 24.3 Å². The van der Waals surface area contributed by atoms with Crippen molar-refractivity contribution in [2.24, 2.45) is 0 Å². The third-order valence-corrected chi connectivity index (χ3v) is 4.28. The van der Waals surface area contributed by atoms with Gasteiger partial charge >= 0.3 is 5.97 Å². The number of rotatable bonds is 7. The van der Waals surface area contributed by atoms with Crippen LogP contribution in [-0.2, 0) is 4.74 Å². The zero-order valence-electron chi connectivity index (χ0n) is 16.1. The van der Waals surface area contributed by atoms with Crippen LogP contribution in [0.25, 0.3) is 0 Å². The fraction of sp³-hybridized carbons (Fsp3) is 0.0455. The minimum atomic E-state index is -0.727.